The van der Waals surface area contributed by atoms with Crippen LogP contribution in [0.15, 0.2) is 23.3 Å². The second-order valence-electron chi connectivity index (χ2n) is 4.90. The average molecular weight is 277 g/mol. The zero-order valence-corrected chi connectivity index (χ0v) is 12.4. The van der Waals surface area contributed by atoms with Crippen molar-refractivity contribution in [1.29, 1.82) is 5.26 Å². The van der Waals surface area contributed by atoms with Gasteiger partial charge in [-0.3, -0.25) is 4.79 Å². The Labute approximate surface area is 119 Å². The number of amides is 1. The summed E-state index contributed by atoms with van der Waals surface area (Å²) < 4.78 is 0. The molecule has 102 valence electrons. The molecule has 1 rings (SSSR count). The first-order chi connectivity index (χ1) is 8.85. The van der Waals surface area contributed by atoms with Crippen molar-refractivity contribution in [2.45, 2.75) is 31.7 Å². The molecule has 0 aliphatic heterocycles. The van der Waals surface area contributed by atoms with Gasteiger partial charge in [-0.15, -0.1) is 0 Å². The number of rotatable bonds is 4. The van der Waals surface area contributed by atoms with E-state index in [1.807, 2.05) is 13.0 Å². The first kappa shape index (κ1) is 15.5. The van der Waals surface area contributed by atoms with Crippen LogP contribution in [0.2, 0.25) is 0 Å². The largest absolute Gasteiger partial charge is 0.345 e. The topological polar surface area (TPSA) is 70.1 Å². The van der Waals surface area contributed by atoms with Crippen LogP contribution in [-0.4, -0.2) is 35.3 Å². The lowest BCUT2D eigenvalue weighted by Crippen LogP contribution is -2.46. The highest BCUT2D eigenvalue weighted by atomic mass is 32.1. The van der Waals surface area contributed by atoms with E-state index in [0.717, 1.165) is 17.7 Å². The maximum atomic E-state index is 12.0. The van der Waals surface area contributed by atoms with E-state index in [1.165, 1.54) is 4.90 Å². The number of carbonyl (C=O) groups is 1. The summed E-state index contributed by atoms with van der Waals surface area (Å²) in [7, 11) is 3.31. The van der Waals surface area contributed by atoms with Gasteiger partial charge in [0.2, 0.25) is 0 Å². The van der Waals surface area contributed by atoms with E-state index in [-0.39, 0.29) is 5.91 Å². The number of thiocarbonyl (C=S) groups is 1. The van der Waals surface area contributed by atoms with Crippen LogP contribution in [0.25, 0.3) is 0 Å². The number of hydrogen-bond acceptors (Lipinski definition) is 4. The second-order valence-corrected chi connectivity index (χ2v) is 5.40. The van der Waals surface area contributed by atoms with E-state index < -0.39 is 5.54 Å². The van der Waals surface area contributed by atoms with Gasteiger partial charge in [0.05, 0.1) is 22.8 Å². The molecule has 0 bridgehead atoms. The van der Waals surface area contributed by atoms with Crippen LogP contribution in [0, 0.1) is 11.3 Å². The summed E-state index contributed by atoms with van der Waals surface area (Å²) in [5.41, 5.74) is 6.19. The van der Waals surface area contributed by atoms with Gasteiger partial charge < -0.3 is 10.6 Å². The van der Waals surface area contributed by atoms with Crippen LogP contribution in [0.1, 0.15) is 26.2 Å². The minimum atomic E-state index is -0.785. The molecule has 0 radical (unpaired) electrons. The number of nitrogens with zero attached hydrogens (tertiary/aromatic N) is 2. The molecule has 0 saturated carbocycles. The molecule has 0 aromatic heterocycles. The second kappa shape index (κ2) is 6.09. The highest BCUT2D eigenvalue weighted by Gasteiger charge is 2.32. The third kappa shape index (κ3) is 3.28. The number of likely N-dealkylation sites (N-methyl/N-ethyl adjacent to an activating group) is 1. The van der Waals surface area contributed by atoms with Crippen LogP contribution in [0.4, 0.5) is 0 Å². The van der Waals surface area contributed by atoms with Crippen LogP contribution in [0.3, 0.4) is 0 Å². The maximum Gasteiger partial charge on any atom is 0.254 e. The summed E-state index contributed by atoms with van der Waals surface area (Å²) in [6.07, 6.45) is 5.49. The van der Waals surface area contributed by atoms with E-state index in [1.54, 1.807) is 26.2 Å². The van der Waals surface area contributed by atoms with Gasteiger partial charge in [0.25, 0.3) is 5.91 Å². The molecule has 5 heteroatoms. The fourth-order valence-electron chi connectivity index (χ4n) is 1.97. The molecule has 1 unspecified atom stereocenters. The molecule has 0 saturated heterocycles. The number of hydrogen-bond donors (Lipinski definition) is 1. The van der Waals surface area contributed by atoms with Crippen molar-refractivity contribution < 1.29 is 4.79 Å². The monoisotopic (exact) mass is 277 g/mol. The molecule has 0 heterocycles. The number of carbonyl (C=O) groups excluding carboxylic acids is 1. The molecule has 1 aliphatic rings. The van der Waals surface area contributed by atoms with Crippen molar-refractivity contribution in [3.05, 3.63) is 23.3 Å². The lowest BCUT2D eigenvalue weighted by atomic mass is 9.81. The molecule has 19 heavy (non-hydrogen) atoms. The summed E-state index contributed by atoms with van der Waals surface area (Å²) >= 11 is 5.34. The fourth-order valence-corrected chi connectivity index (χ4v) is 2.31. The van der Waals surface area contributed by atoms with E-state index in [4.69, 9.17) is 18.0 Å². The van der Waals surface area contributed by atoms with Gasteiger partial charge in [0.1, 0.15) is 0 Å². The van der Waals surface area contributed by atoms with Gasteiger partial charge in [-0.1, -0.05) is 31.6 Å². The van der Waals surface area contributed by atoms with Gasteiger partial charge in [0, 0.05) is 19.0 Å². The van der Waals surface area contributed by atoms with E-state index in [0.29, 0.717) is 17.6 Å². The standard InChI is InChI=1S/C14H19N3OS/c1-4-5-12(19)14(16)7-6-11(10(8-14)9-15)13(18)17(2)3/h6,8H,4-5,7,16H2,1-3H3. The average Bonchev–Trinajstić information content (AvgIpc) is 2.38. The molecule has 0 spiro atoms. The third-order valence-corrected chi connectivity index (χ3v) is 3.67. The maximum absolute atomic E-state index is 12.0. The highest BCUT2D eigenvalue weighted by molar-refractivity contribution is 7.80. The quantitative estimate of drug-likeness (QED) is 0.794. The Kier molecular flexibility index (Phi) is 4.98. The van der Waals surface area contributed by atoms with E-state index in [9.17, 15) is 10.1 Å². The zero-order valence-electron chi connectivity index (χ0n) is 11.6. The van der Waals surface area contributed by atoms with Crippen molar-refractivity contribution in [2.24, 2.45) is 5.73 Å². The van der Waals surface area contributed by atoms with Gasteiger partial charge in [0.15, 0.2) is 0 Å². The molecule has 1 aliphatic carbocycles. The summed E-state index contributed by atoms with van der Waals surface area (Å²) in [5, 5.41) is 9.21. The predicted octanol–water partition coefficient (Wildman–Crippen LogP) is 1.72. The molecule has 0 fully saturated rings. The van der Waals surface area contributed by atoms with Gasteiger partial charge in [-0.05, 0) is 18.9 Å². The Morgan fingerprint density at radius 1 is 1.63 bits per heavy atom. The molecule has 1 amide bonds. The summed E-state index contributed by atoms with van der Waals surface area (Å²) in [5.74, 6) is -0.184. The smallest absolute Gasteiger partial charge is 0.254 e. The summed E-state index contributed by atoms with van der Waals surface area (Å²) in [6, 6.07) is 2.05. The van der Waals surface area contributed by atoms with Crippen molar-refractivity contribution >= 4 is 23.0 Å². The van der Waals surface area contributed by atoms with Crippen LogP contribution in [-0.2, 0) is 4.79 Å². The van der Waals surface area contributed by atoms with E-state index >= 15 is 0 Å². The van der Waals surface area contributed by atoms with Crippen molar-refractivity contribution in [3.8, 4) is 6.07 Å². The van der Waals surface area contributed by atoms with Gasteiger partial charge in [-0.2, -0.15) is 5.26 Å². The minimum Gasteiger partial charge on any atom is -0.345 e. The summed E-state index contributed by atoms with van der Waals surface area (Å²) in [4.78, 5) is 14.1. The Morgan fingerprint density at radius 3 is 2.74 bits per heavy atom. The normalized spacial score (nSPS) is 22.1. The lowest BCUT2D eigenvalue weighted by molar-refractivity contribution is -0.124. The third-order valence-electron chi connectivity index (χ3n) is 3.09. The zero-order chi connectivity index (χ0) is 14.6. The fraction of sp³-hybridized carbons (Fsp3) is 0.500. The minimum absolute atomic E-state index is 0.184. The van der Waals surface area contributed by atoms with Crippen LogP contribution >= 0.6 is 12.2 Å². The predicted molar refractivity (Wildman–Crippen MR) is 79.5 cm³/mol. The molecule has 1 atom stereocenters. The van der Waals surface area contributed by atoms with Crippen LogP contribution in [0.5, 0.6) is 0 Å². The Bertz CT molecular complexity index is 499. The van der Waals surface area contributed by atoms with Crippen LogP contribution < -0.4 is 5.73 Å². The number of nitriles is 1. The molecular weight excluding hydrogens is 258 g/mol. The molecule has 0 aromatic carbocycles. The highest BCUT2D eigenvalue weighted by Crippen LogP contribution is 2.28. The van der Waals surface area contributed by atoms with Gasteiger partial charge >= 0.3 is 0 Å². The molecule has 2 N–H and O–H groups in total. The molecule has 4 nitrogen and oxygen atoms in total. The first-order valence-corrected chi connectivity index (χ1v) is 6.64. The Hall–Kier alpha value is -1.51. The van der Waals surface area contributed by atoms with E-state index in [2.05, 4.69) is 0 Å². The first-order valence-electron chi connectivity index (χ1n) is 6.23. The Balaban J connectivity index is 3.08. The number of nitrogens with two attached hydrogens (primary N) is 1. The van der Waals surface area contributed by atoms with Crippen molar-refractivity contribution in [2.75, 3.05) is 14.1 Å². The summed E-state index contributed by atoms with van der Waals surface area (Å²) in [6.45, 7) is 2.03. The Morgan fingerprint density at radius 2 is 2.26 bits per heavy atom. The van der Waals surface area contributed by atoms with Gasteiger partial charge in [-0.25, -0.2) is 0 Å². The lowest BCUT2D eigenvalue weighted by Gasteiger charge is -2.30. The molecule has 0 aromatic rings. The van der Waals surface area contributed by atoms with Crippen molar-refractivity contribution in [3.63, 3.8) is 0 Å². The SMILES string of the molecule is CCCC(=S)C1(N)C=C(C#N)C(C(=O)N(C)C)=CC1. The van der Waals surface area contributed by atoms with Crippen molar-refractivity contribution in [1.82, 2.24) is 4.90 Å². The molecular formula is C14H19N3OS.